The van der Waals surface area contributed by atoms with Gasteiger partial charge in [-0.2, -0.15) is 0 Å². The molecule has 0 aliphatic carbocycles. The molecule has 592 valence electrons. The Morgan fingerprint density at radius 2 is 0.538 bits per heavy atom. The van der Waals surface area contributed by atoms with Crippen molar-refractivity contribution in [3.63, 3.8) is 0 Å². The SMILES string of the molecule is CC/C=C\C/C=C\C/C=C\C/C=C\C/C=C\CCCCCC(=O)OCC(COP(=O)(O)OCC(O)COP(=O)(O)OCC(COC(=O)CCCCCCCCC/C=C\C/C=C\C/C=C\CC)OC(=O)C/C=C\C/C=C\C/C=C\C/C=C\C/C=C\CC)OC(=O)CCCCCCCCCCCCCCC. The van der Waals surface area contributed by atoms with Crippen LogP contribution in [0.5, 0.6) is 0 Å². The van der Waals surface area contributed by atoms with Crippen molar-refractivity contribution in [2.24, 2.45) is 0 Å². The zero-order valence-corrected chi connectivity index (χ0v) is 66.4. The molecule has 5 atom stereocenters. The zero-order valence-electron chi connectivity index (χ0n) is 64.6. The molecule has 0 aliphatic heterocycles. The number of carbonyl (C=O) groups is 4. The van der Waals surface area contributed by atoms with Gasteiger partial charge in [-0.15, -0.1) is 0 Å². The smallest absolute Gasteiger partial charge is 0.462 e. The minimum absolute atomic E-state index is 0.0831. The number of unbranched alkanes of at least 4 members (excludes halogenated alkanes) is 22. The molecule has 0 saturated heterocycles. The van der Waals surface area contributed by atoms with Gasteiger partial charge in [-0.25, -0.2) is 9.13 Å². The van der Waals surface area contributed by atoms with Crippen LogP contribution in [0.1, 0.15) is 297 Å². The van der Waals surface area contributed by atoms with E-state index in [0.717, 1.165) is 167 Å². The monoisotopic (exact) mass is 1490 g/mol. The average molecular weight is 1500 g/mol. The van der Waals surface area contributed by atoms with Gasteiger partial charge in [0.2, 0.25) is 0 Å². The maximum Gasteiger partial charge on any atom is 0.472 e. The van der Waals surface area contributed by atoms with Crippen molar-refractivity contribution in [3.8, 4) is 0 Å². The highest BCUT2D eigenvalue weighted by Gasteiger charge is 2.30. The Balaban J connectivity index is 5.45. The third-order valence-corrected chi connectivity index (χ3v) is 17.9. The van der Waals surface area contributed by atoms with Crippen LogP contribution in [0.4, 0.5) is 0 Å². The first kappa shape index (κ1) is 98.7. The molecule has 3 N–H and O–H groups in total. The van der Waals surface area contributed by atoms with Crippen LogP contribution in [-0.4, -0.2) is 96.7 Å². The normalized spacial score (nSPS) is 14.7. The minimum Gasteiger partial charge on any atom is -0.462 e. The van der Waals surface area contributed by atoms with Crippen molar-refractivity contribution in [1.29, 1.82) is 0 Å². The molecular formula is C85H140O17P2. The predicted octanol–water partition coefficient (Wildman–Crippen LogP) is 23.2. The fraction of sp³-hybridized carbons (Fsp3) is 0.647. The fourth-order valence-corrected chi connectivity index (χ4v) is 11.7. The van der Waals surface area contributed by atoms with Crippen molar-refractivity contribution in [1.82, 2.24) is 0 Å². The number of allylic oxidation sites excluding steroid dienone is 25. The van der Waals surface area contributed by atoms with Gasteiger partial charge >= 0.3 is 39.5 Å². The summed E-state index contributed by atoms with van der Waals surface area (Å²) in [6.45, 7) is 4.37. The fourth-order valence-electron chi connectivity index (χ4n) is 10.1. The molecule has 0 aromatic carbocycles. The van der Waals surface area contributed by atoms with E-state index in [0.29, 0.717) is 25.7 Å². The lowest BCUT2D eigenvalue weighted by Gasteiger charge is -2.21. The lowest BCUT2D eigenvalue weighted by atomic mass is 10.0. The molecule has 0 amide bonds. The van der Waals surface area contributed by atoms with E-state index in [4.69, 9.17) is 37.0 Å². The van der Waals surface area contributed by atoms with E-state index < -0.39 is 97.5 Å². The van der Waals surface area contributed by atoms with Gasteiger partial charge in [-0.05, 0) is 128 Å². The molecule has 0 aromatic heterocycles. The summed E-state index contributed by atoms with van der Waals surface area (Å²) in [6.07, 6.45) is 88.3. The van der Waals surface area contributed by atoms with Gasteiger partial charge in [-0.1, -0.05) is 301 Å². The van der Waals surface area contributed by atoms with Crippen molar-refractivity contribution >= 4 is 39.5 Å². The topological polar surface area (TPSA) is 237 Å². The summed E-state index contributed by atoms with van der Waals surface area (Å²) in [5.74, 6) is -2.37. The van der Waals surface area contributed by atoms with Crippen LogP contribution in [0.2, 0.25) is 0 Å². The molecule has 17 nitrogen and oxygen atoms in total. The number of rotatable bonds is 73. The van der Waals surface area contributed by atoms with Crippen LogP contribution in [0, 0.1) is 0 Å². The molecule has 0 heterocycles. The summed E-state index contributed by atoms with van der Waals surface area (Å²) in [6, 6.07) is 0. The van der Waals surface area contributed by atoms with Crippen LogP contribution in [-0.2, 0) is 65.4 Å². The number of carbonyl (C=O) groups excluding carboxylic acids is 4. The molecule has 19 heteroatoms. The first-order chi connectivity index (χ1) is 50.7. The van der Waals surface area contributed by atoms with Crippen LogP contribution < -0.4 is 0 Å². The first-order valence-corrected chi connectivity index (χ1v) is 42.7. The summed E-state index contributed by atoms with van der Waals surface area (Å²) in [5, 5.41) is 10.6. The molecular weight excluding hydrogens is 1350 g/mol. The number of phosphoric acid groups is 2. The first-order valence-electron chi connectivity index (χ1n) is 39.7. The van der Waals surface area contributed by atoms with Crippen LogP contribution in [0.15, 0.2) is 158 Å². The minimum atomic E-state index is -5.01. The molecule has 0 fully saturated rings. The van der Waals surface area contributed by atoms with Crippen molar-refractivity contribution < 1.29 is 80.2 Å². The summed E-state index contributed by atoms with van der Waals surface area (Å²) >= 11 is 0. The summed E-state index contributed by atoms with van der Waals surface area (Å²) in [4.78, 5) is 72.9. The second kappa shape index (κ2) is 75.9. The number of aliphatic hydroxyl groups excluding tert-OH is 1. The number of hydrogen-bond acceptors (Lipinski definition) is 15. The number of phosphoric ester groups is 2. The quantitative estimate of drug-likeness (QED) is 0.0169. The predicted molar refractivity (Wildman–Crippen MR) is 427 cm³/mol. The number of esters is 4. The lowest BCUT2D eigenvalue weighted by molar-refractivity contribution is -0.161. The Labute approximate surface area is 629 Å². The summed E-state index contributed by atoms with van der Waals surface area (Å²) in [7, 11) is -10.0. The summed E-state index contributed by atoms with van der Waals surface area (Å²) < 4.78 is 68.4. The Kier molecular flexibility index (Phi) is 72.0. The van der Waals surface area contributed by atoms with E-state index in [1.54, 1.807) is 12.2 Å². The molecule has 0 rings (SSSR count). The zero-order chi connectivity index (χ0) is 76.0. The third kappa shape index (κ3) is 74.9. The number of aliphatic hydroxyl groups is 1. The summed E-state index contributed by atoms with van der Waals surface area (Å²) in [5.41, 5.74) is 0. The van der Waals surface area contributed by atoms with Gasteiger partial charge in [0.05, 0.1) is 32.8 Å². The van der Waals surface area contributed by atoms with Crippen LogP contribution in [0.3, 0.4) is 0 Å². The molecule has 0 aromatic rings. The highest BCUT2D eigenvalue weighted by Crippen LogP contribution is 2.45. The van der Waals surface area contributed by atoms with E-state index >= 15 is 0 Å². The van der Waals surface area contributed by atoms with E-state index in [1.807, 2.05) is 12.2 Å². The van der Waals surface area contributed by atoms with Gasteiger partial charge in [0, 0.05) is 19.3 Å². The highest BCUT2D eigenvalue weighted by atomic mass is 31.2. The standard InChI is InChI=1S/C85H140O17P2/c1-5-9-13-17-21-25-29-33-36-38-39-41-44-47-50-54-58-62-66-70-83(88)95-75-80(101-84(89)71-67-63-59-55-51-45-32-28-24-20-16-12-8-4)77-99-103(91,92)97-73-79(86)74-98-104(93,94)100-78-81(102-85(90)72-68-64-60-56-52-48-42-35-31-27-23-19-15-11-7-3)76-96-82(87)69-65-61-57-53-49-46-43-40-37-34-30-26-22-18-14-10-6-2/h9-11,13-15,21-23,25-27,33-37,39,41-42,47,50,52,56,64,68,79-81,86H,5-8,12,16-20,24,28-32,38,40,43-46,48-49,51,53-55,57-63,65-67,69-78H2,1-4H3,(H,91,92)(H,93,94)/b13-9-,14-10-,15-11-,25-21-,26-22-,27-23-,36-33-,37-34-,41-39-,42-35-,50-47-,56-52-,68-64-. The van der Waals surface area contributed by atoms with Gasteiger partial charge < -0.3 is 33.8 Å². The maximum atomic E-state index is 13.1. The van der Waals surface area contributed by atoms with Gasteiger partial charge in [0.15, 0.2) is 12.2 Å². The molecule has 0 radical (unpaired) electrons. The Morgan fingerprint density at radius 3 is 0.865 bits per heavy atom. The number of ether oxygens (including phenoxy) is 4. The van der Waals surface area contributed by atoms with Crippen LogP contribution in [0.25, 0.3) is 0 Å². The average Bonchev–Trinajstić information content (AvgIpc) is 0.939. The van der Waals surface area contributed by atoms with Gasteiger partial charge in [0.25, 0.3) is 0 Å². The van der Waals surface area contributed by atoms with E-state index in [-0.39, 0.29) is 25.7 Å². The highest BCUT2D eigenvalue weighted by molar-refractivity contribution is 7.47. The molecule has 0 aliphatic rings. The second-order valence-corrected chi connectivity index (χ2v) is 28.8. The molecule has 104 heavy (non-hydrogen) atoms. The van der Waals surface area contributed by atoms with Gasteiger partial charge in [-0.3, -0.25) is 37.3 Å². The third-order valence-electron chi connectivity index (χ3n) is 16.0. The van der Waals surface area contributed by atoms with E-state index in [9.17, 15) is 43.2 Å². The Bertz CT molecular complexity index is 2590. The van der Waals surface area contributed by atoms with Crippen LogP contribution >= 0.6 is 15.6 Å². The van der Waals surface area contributed by atoms with Gasteiger partial charge in [0.1, 0.15) is 19.3 Å². The molecule has 0 bridgehead atoms. The van der Waals surface area contributed by atoms with Crippen molar-refractivity contribution in [2.45, 2.75) is 316 Å². The van der Waals surface area contributed by atoms with E-state index in [2.05, 4.69) is 161 Å². The maximum absolute atomic E-state index is 13.1. The largest absolute Gasteiger partial charge is 0.472 e. The molecule has 5 unspecified atom stereocenters. The Hall–Kier alpha value is -5.32. The lowest BCUT2D eigenvalue weighted by Crippen LogP contribution is -2.30. The molecule has 0 saturated carbocycles. The second-order valence-electron chi connectivity index (χ2n) is 25.9. The van der Waals surface area contributed by atoms with Crippen molar-refractivity contribution in [2.75, 3.05) is 39.6 Å². The van der Waals surface area contributed by atoms with E-state index in [1.165, 1.54) is 51.4 Å². The van der Waals surface area contributed by atoms with Crippen molar-refractivity contribution in [3.05, 3.63) is 158 Å². The molecule has 0 spiro atoms. The number of hydrogen-bond donors (Lipinski definition) is 3. The Morgan fingerprint density at radius 1 is 0.288 bits per heavy atom.